The third-order valence-electron chi connectivity index (χ3n) is 5.63. The van der Waals surface area contributed by atoms with Gasteiger partial charge in [0.25, 0.3) is 11.1 Å². The molecule has 0 unspecified atom stereocenters. The van der Waals surface area contributed by atoms with Crippen molar-refractivity contribution in [1.82, 2.24) is 24.5 Å². The average Bonchev–Trinajstić information content (AvgIpc) is 2.76. The molecular formula is C21H29N5O4. The fraction of sp³-hybridized carbons (Fsp3) is 0.524. The van der Waals surface area contributed by atoms with Crippen LogP contribution in [0, 0.1) is 0 Å². The molecule has 0 spiro atoms. The Balaban J connectivity index is 1.54. The van der Waals surface area contributed by atoms with Gasteiger partial charge in [0.05, 0.1) is 23.9 Å². The predicted molar refractivity (Wildman–Crippen MR) is 114 cm³/mol. The number of rotatable bonds is 7. The molecule has 0 atom stereocenters. The summed E-state index contributed by atoms with van der Waals surface area (Å²) in [6.07, 6.45) is 0.132. The minimum absolute atomic E-state index is 0.0642. The first-order valence-corrected chi connectivity index (χ1v) is 10.4. The van der Waals surface area contributed by atoms with Crippen LogP contribution in [0.2, 0.25) is 0 Å². The third kappa shape index (κ3) is 4.79. The Labute approximate surface area is 174 Å². The number of hydrogen-bond acceptors (Lipinski definition) is 5. The van der Waals surface area contributed by atoms with Crippen LogP contribution in [-0.4, -0.2) is 82.1 Å². The fourth-order valence-corrected chi connectivity index (χ4v) is 3.79. The lowest BCUT2D eigenvalue weighted by molar-refractivity contribution is -0.135. The van der Waals surface area contributed by atoms with Crippen LogP contribution in [0.25, 0.3) is 10.8 Å². The number of amides is 2. The van der Waals surface area contributed by atoms with Gasteiger partial charge in [-0.2, -0.15) is 0 Å². The highest BCUT2D eigenvalue weighted by atomic mass is 16.2. The Morgan fingerprint density at radius 1 is 1.00 bits per heavy atom. The van der Waals surface area contributed by atoms with Gasteiger partial charge in [0.2, 0.25) is 11.8 Å². The van der Waals surface area contributed by atoms with E-state index >= 15 is 0 Å². The maximum atomic E-state index is 12.6. The number of nitrogens with zero attached hydrogens (tertiary/aromatic N) is 4. The summed E-state index contributed by atoms with van der Waals surface area (Å²) in [7, 11) is 0. The van der Waals surface area contributed by atoms with E-state index in [0.29, 0.717) is 56.6 Å². The van der Waals surface area contributed by atoms with Gasteiger partial charge in [-0.1, -0.05) is 12.1 Å². The molecule has 0 aliphatic carbocycles. The highest BCUT2D eigenvalue weighted by Crippen LogP contribution is 2.06. The molecule has 1 aliphatic rings. The van der Waals surface area contributed by atoms with Crippen molar-refractivity contribution in [3.05, 3.63) is 45.0 Å². The minimum Gasteiger partial charge on any atom is -0.342 e. The molecule has 2 amide bonds. The number of benzene rings is 1. The van der Waals surface area contributed by atoms with E-state index in [4.69, 9.17) is 0 Å². The minimum atomic E-state index is -0.343. The molecule has 0 saturated carbocycles. The van der Waals surface area contributed by atoms with Crippen molar-refractivity contribution in [1.29, 1.82) is 0 Å². The summed E-state index contributed by atoms with van der Waals surface area (Å²) < 4.78 is 1.21. The normalized spacial score (nSPS) is 14.8. The Morgan fingerprint density at radius 3 is 2.27 bits per heavy atom. The number of nitrogens with one attached hydrogen (secondary N) is 1. The van der Waals surface area contributed by atoms with Gasteiger partial charge < -0.3 is 9.80 Å². The van der Waals surface area contributed by atoms with Gasteiger partial charge in [0.1, 0.15) is 0 Å². The zero-order valence-electron chi connectivity index (χ0n) is 17.6. The molecule has 1 N–H and O–H groups in total. The van der Waals surface area contributed by atoms with Crippen LogP contribution < -0.4 is 11.1 Å². The average molecular weight is 415 g/mol. The molecule has 1 fully saturated rings. The molecule has 3 rings (SSSR count). The summed E-state index contributed by atoms with van der Waals surface area (Å²) in [4.78, 5) is 55.2. The second kappa shape index (κ2) is 9.71. The number of aromatic nitrogens is 2. The molecule has 9 heteroatoms. The first-order chi connectivity index (χ1) is 14.4. The lowest BCUT2D eigenvalue weighted by Crippen LogP contribution is -2.51. The fourth-order valence-electron chi connectivity index (χ4n) is 3.79. The molecule has 30 heavy (non-hydrogen) atoms. The van der Waals surface area contributed by atoms with Crippen LogP contribution >= 0.6 is 0 Å². The predicted octanol–water partition coefficient (Wildman–Crippen LogP) is 0.0925. The standard InChI is InChI=1S/C21H29N5O4/c1-3-24(4-2)19(28)15-23-11-13-25(14-12-23)18(27)9-10-26-21(30)17-8-6-5-7-16(17)20(29)22-26/h5-8H,3-4,9-15H2,1-2H3,(H,22,29). The van der Waals surface area contributed by atoms with Crippen molar-refractivity contribution in [2.75, 3.05) is 45.8 Å². The van der Waals surface area contributed by atoms with Crippen molar-refractivity contribution in [2.24, 2.45) is 0 Å². The van der Waals surface area contributed by atoms with E-state index in [9.17, 15) is 19.2 Å². The summed E-state index contributed by atoms with van der Waals surface area (Å²) >= 11 is 0. The van der Waals surface area contributed by atoms with Gasteiger partial charge in [-0.05, 0) is 26.0 Å². The van der Waals surface area contributed by atoms with Crippen molar-refractivity contribution in [2.45, 2.75) is 26.8 Å². The summed E-state index contributed by atoms with van der Waals surface area (Å²) in [5.41, 5.74) is -0.651. The van der Waals surface area contributed by atoms with Crippen LogP contribution in [0.5, 0.6) is 0 Å². The number of fused-ring (bicyclic) bond motifs is 1. The van der Waals surface area contributed by atoms with E-state index in [-0.39, 0.29) is 35.9 Å². The van der Waals surface area contributed by atoms with E-state index in [0.717, 1.165) is 0 Å². The first-order valence-electron chi connectivity index (χ1n) is 10.4. The summed E-state index contributed by atoms with van der Waals surface area (Å²) in [6, 6.07) is 6.64. The Morgan fingerprint density at radius 2 is 1.63 bits per heavy atom. The van der Waals surface area contributed by atoms with Crippen LogP contribution in [0.1, 0.15) is 20.3 Å². The number of aryl methyl sites for hydroxylation is 1. The first kappa shape index (κ1) is 21.8. The monoisotopic (exact) mass is 415 g/mol. The SMILES string of the molecule is CCN(CC)C(=O)CN1CCN(C(=O)CCn2[nH]c(=O)c3ccccc3c2=O)CC1. The maximum Gasteiger partial charge on any atom is 0.273 e. The van der Waals surface area contributed by atoms with Crippen LogP contribution in [0.3, 0.4) is 0 Å². The van der Waals surface area contributed by atoms with Gasteiger partial charge >= 0.3 is 0 Å². The molecule has 162 valence electrons. The van der Waals surface area contributed by atoms with E-state index in [1.165, 1.54) is 4.68 Å². The maximum absolute atomic E-state index is 12.6. The number of hydrogen-bond donors (Lipinski definition) is 1. The molecule has 1 aliphatic heterocycles. The highest BCUT2D eigenvalue weighted by Gasteiger charge is 2.23. The topological polar surface area (TPSA) is 98.7 Å². The molecule has 2 heterocycles. The number of piperazine rings is 1. The Hall–Kier alpha value is -2.94. The van der Waals surface area contributed by atoms with Gasteiger partial charge in [0.15, 0.2) is 0 Å². The lowest BCUT2D eigenvalue weighted by Gasteiger charge is -2.35. The van der Waals surface area contributed by atoms with Gasteiger partial charge in [-0.3, -0.25) is 29.2 Å². The smallest absolute Gasteiger partial charge is 0.273 e. The van der Waals surface area contributed by atoms with Gasteiger partial charge in [-0.25, -0.2) is 4.68 Å². The summed E-state index contributed by atoms with van der Waals surface area (Å²) in [5.74, 6) is 0.0463. The molecule has 9 nitrogen and oxygen atoms in total. The molecule has 1 aromatic carbocycles. The van der Waals surface area contributed by atoms with Crippen molar-refractivity contribution < 1.29 is 9.59 Å². The lowest BCUT2D eigenvalue weighted by atomic mass is 10.2. The quantitative estimate of drug-likeness (QED) is 0.691. The Bertz CT molecular complexity index is 1020. The van der Waals surface area contributed by atoms with Crippen molar-refractivity contribution in [3.8, 4) is 0 Å². The number of carbonyl (C=O) groups excluding carboxylic acids is 2. The molecular weight excluding hydrogens is 386 g/mol. The largest absolute Gasteiger partial charge is 0.342 e. The number of likely N-dealkylation sites (N-methyl/N-ethyl adjacent to an activating group) is 1. The third-order valence-corrected chi connectivity index (χ3v) is 5.63. The van der Waals surface area contributed by atoms with Gasteiger partial charge in [0, 0.05) is 45.7 Å². The van der Waals surface area contributed by atoms with E-state index in [1.807, 2.05) is 13.8 Å². The zero-order valence-corrected chi connectivity index (χ0v) is 17.6. The summed E-state index contributed by atoms with van der Waals surface area (Å²) in [5, 5.41) is 3.25. The van der Waals surface area contributed by atoms with E-state index in [2.05, 4.69) is 10.00 Å². The Kier molecular flexibility index (Phi) is 7.04. The molecule has 1 saturated heterocycles. The van der Waals surface area contributed by atoms with Crippen molar-refractivity contribution >= 4 is 22.6 Å². The van der Waals surface area contributed by atoms with E-state index in [1.54, 1.807) is 34.1 Å². The zero-order chi connectivity index (χ0) is 21.7. The molecule has 0 bridgehead atoms. The summed E-state index contributed by atoms with van der Waals surface area (Å²) in [6.45, 7) is 8.21. The molecule has 0 radical (unpaired) electrons. The number of H-pyrrole nitrogens is 1. The molecule has 2 aromatic rings. The number of carbonyl (C=O) groups is 2. The van der Waals surface area contributed by atoms with Crippen LogP contribution in [0.15, 0.2) is 33.9 Å². The van der Waals surface area contributed by atoms with Gasteiger partial charge in [-0.15, -0.1) is 0 Å². The van der Waals surface area contributed by atoms with E-state index < -0.39 is 0 Å². The van der Waals surface area contributed by atoms with Crippen LogP contribution in [-0.2, 0) is 16.1 Å². The second-order valence-corrected chi connectivity index (χ2v) is 7.42. The molecule has 1 aromatic heterocycles. The van der Waals surface area contributed by atoms with Crippen molar-refractivity contribution in [3.63, 3.8) is 0 Å². The highest BCUT2D eigenvalue weighted by molar-refractivity contribution is 5.80. The van der Waals surface area contributed by atoms with Crippen LogP contribution in [0.4, 0.5) is 0 Å². The second-order valence-electron chi connectivity index (χ2n) is 7.42. The number of aromatic amines is 1.